The van der Waals surface area contributed by atoms with Crippen LogP contribution in [-0.4, -0.2) is 32.3 Å². The molecule has 3 saturated carbocycles. The van der Waals surface area contributed by atoms with Gasteiger partial charge in [-0.05, 0) is 105 Å². The van der Waals surface area contributed by atoms with Crippen molar-refractivity contribution in [3.63, 3.8) is 0 Å². The Kier molecular flexibility index (Phi) is 5.27. The second-order valence-electron chi connectivity index (χ2n) is 10.9. The van der Waals surface area contributed by atoms with E-state index in [2.05, 4.69) is 22.0 Å². The van der Waals surface area contributed by atoms with Gasteiger partial charge in [-0.3, -0.25) is 4.79 Å². The highest BCUT2D eigenvalue weighted by atomic mass is 79.9. The summed E-state index contributed by atoms with van der Waals surface area (Å²) in [7, 11) is -3.67. The molecule has 2 aromatic carbocycles. The van der Waals surface area contributed by atoms with Crippen LogP contribution in [0.2, 0.25) is 0 Å². The molecule has 0 N–H and O–H groups in total. The first-order chi connectivity index (χ1) is 16.2. The summed E-state index contributed by atoms with van der Waals surface area (Å²) in [5.74, 6) is -0.168. The number of benzene rings is 2. The monoisotopic (exact) mass is 545 g/mol. The summed E-state index contributed by atoms with van der Waals surface area (Å²) < 4.78 is 41.0. The van der Waals surface area contributed by atoms with Crippen LogP contribution in [0.25, 0.3) is 0 Å². The van der Waals surface area contributed by atoms with Gasteiger partial charge in [-0.25, -0.2) is 12.8 Å². The largest absolute Gasteiger partial charge is 0.307 e. The molecule has 2 aromatic rings. The molecule has 3 aliphatic carbocycles. The lowest BCUT2D eigenvalue weighted by Crippen LogP contribution is -2.40. The number of anilines is 1. The molecular formula is C27H29BrFNO3S. The fraction of sp³-hybridized carbons (Fsp3) is 0.519. The molecule has 0 saturated heterocycles. The minimum Gasteiger partial charge on any atom is -0.307 e. The number of amides is 1. The number of fused-ring (bicyclic) bond motifs is 2. The SMILES string of the molecule is O=C(c1cccc(S(=O)(=O)C2CC[C@@H](F)C2)c1)N1CC2(CCC3(CC3)CC2)c2cc(Br)ccc21. The molecule has 1 amide bonds. The standard InChI is InChI=1S/C27H29BrFNO3S/c28-19-4-7-24-23(15-19)27(12-10-26(8-9-26)11-13-27)17-30(24)25(31)18-2-1-3-21(14-18)34(32,33)22-6-5-20(29)16-22/h1-4,7,14-15,20,22H,5-6,8-13,16-17H2/t20-,22?/m1/s1. The summed E-state index contributed by atoms with van der Waals surface area (Å²) in [6.45, 7) is 0.636. The van der Waals surface area contributed by atoms with Crippen LogP contribution in [0.1, 0.15) is 73.7 Å². The Morgan fingerprint density at radius 2 is 1.74 bits per heavy atom. The highest BCUT2D eigenvalue weighted by Gasteiger charge is 2.53. The molecule has 0 aromatic heterocycles. The highest BCUT2D eigenvalue weighted by molar-refractivity contribution is 9.10. The van der Waals surface area contributed by atoms with Gasteiger partial charge in [0.25, 0.3) is 5.91 Å². The smallest absolute Gasteiger partial charge is 0.258 e. The number of carbonyl (C=O) groups is 1. The van der Waals surface area contributed by atoms with E-state index in [1.807, 2.05) is 17.0 Å². The van der Waals surface area contributed by atoms with Gasteiger partial charge in [0.05, 0.1) is 10.1 Å². The predicted octanol–water partition coefficient (Wildman–Crippen LogP) is 6.37. The number of alkyl halides is 1. The van der Waals surface area contributed by atoms with E-state index in [0.29, 0.717) is 23.9 Å². The number of hydrogen-bond donors (Lipinski definition) is 0. The van der Waals surface area contributed by atoms with Crippen LogP contribution in [0, 0.1) is 5.41 Å². The fourth-order valence-corrected chi connectivity index (χ4v) is 8.72. The molecule has 1 heterocycles. The van der Waals surface area contributed by atoms with Crippen LogP contribution >= 0.6 is 15.9 Å². The van der Waals surface area contributed by atoms with E-state index in [1.54, 1.807) is 12.1 Å². The second kappa shape index (κ2) is 7.89. The Bertz CT molecular complexity index is 1260. The normalized spacial score (nSPS) is 26.7. The molecule has 7 heteroatoms. The summed E-state index contributed by atoms with van der Waals surface area (Å²) in [5, 5.41) is -0.710. The van der Waals surface area contributed by atoms with E-state index in [9.17, 15) is 17.6 Å². The molecular weight excluding hydrogens is 517 g/mol. The third-order valence-corrected chi connectivity index (χ3v) is 11.6. The summed E-state index contributed by atoms with van der Waals surface area (Å²) in [4.78, 5) is 15.7. The van der Waals surface area contributed by atoms with Crippen molar-refractivity contribution in [1.82, 2.24) is 0 Å². The Hall–Kier alpha value is -1.73. The van der Waals surface area contributed by atoms with E-state index in [-0.39, 0.29) is 29.1 Å². The van der Waals surface area contributed by atoms with Crippen molar-refractivity contribution < 1.29 is 17.6 Å². The summed E-state index contributed by atoms with van der Waals surface area (Å²) in [6.07, 6.45) is 6.86. The predicted molar refractivity (Wildman–Crippen MR) is 134 cm³/mol. The van der Waals surface area contributed by atoms with Crippen molar-refractivity contribution in [2.75, 3.05) is 11.4 Å². The third-order valence-electron chi connectivity index (χ3n) is 8.92. The molecule has 0 radical (unpaired) electrons. The van der Waals surface area contributed by atoms with Gasteiger partial charge >= 0.3 is 0 Å². The van der Waals surface area contributed by atoms with Gasteiger partial charge in [-0.2, -0.15) is 0 Å². The van der Waals surface area contributed by atoms with E-state index >= 15 is 0 Å². The van der Waals surface area contributed by atoms with Crippen molar-refractivity contribution in [2.24, 2.45) is 5.41 Å². The van der Waals surface area contributed by atoms with Crippen LogP contribution in [0.4, 0.5) is 10.1 Å². The first-order valence-corrected chi connectivity index (χ1v) is 14.7. The third kappa shape index (κ3) is 3.65. The number of halogens is 2. The van der Waals surface area contributed by atoms with Crippen LogP contribution in [0.5, 0.6) is 0 Å². The molecule has 2 spiro atoms. The topological polar surface area (TPSA) is 54.5 Å². The average Bonchev–Trinajstić information content (AvgIpc) is 3.32. The fourth-order valence-electron chi connectivity index (χ4n) is 6.51. The van der Waals surface area contributed by atoms with Crippen molar-refractivity contribution >= 4 is 37.4 Å². The lowest BCUT2D eigenvalue weighted by molar-refractivity contribution is 0.0980. The zero-order valence-corrected chi connectivity index (χ0v) is 21.5. The number of nitrogens with zero attached hydrogens (tertiary/aromatic N) is 1. The maximum Gasteiger partial charge on any atom is 0.258 e. The number of hydrogen-bond acceptors (Lipinski definition) is 3. The summed E-state index contributed by atoms with van der Waals surface area (Å²) >= 11 is 3.62. The van der Waals surface area contributed by atoms with E-state index < -0.39 is 21.3 Å². The molecule has 6 rings (SSSR count). The molecule has 1 unspecified atom stereocenters. The highest BCUT2D eigenvalue weighted by Crippen LogP contribution is 2.62. The quantitative estimate of drug-likeness (QED) is 0.450. The van der Waals surface area contributed by atoms with E-state index in [4.69, 9.17) is 0 Å². The van der Waals surface area contributed by atoms with Gasteiger partial charge < -0.3 is 4.90 Å². The molecule has 4 nitrogen and oxygen atoms in total. The van der Waals surface area contributed by atoms with Gasteiger partial charge in [0.15, 0.2) is 9.84 Å². The number of carbonyl (C=O) groups excluding carboxylic acids is 1. The molecule has 4 aliphatic rings. The van der Waals surface area contributed by atoms with Crippen molar-refractivity contribution in [3.8, 4) is 0 Å². The Morgan fingerprint density at radius 1 is 1.00 bits per heavy atom. The minimum atomic E-state index is -3.67. The Morgan fingerprint density at radius 3 is 2.41 bits per heavy atom. The van der Waals surface area contributed by atoms with Crippen LogP contribution in [0.15, 0.2) is 51.8 Å². The van der Waals surface area contributed by atoms with Crippen LogP contribution in [-0.2, 0) is 15.3 Å². The maximum absolute atomic E-state index is 13.8. The van der Waals surface area contributed by atoms with Crippen molar-refractivity contribution in [2.45, 2.75) is 79.5 Å². The first kappa shape index (κ1) is 22.7. The molecule has 180 valence electrons. The minimum absolute atomic E-state index is 0.0354. The van der Waals surface area contributed by atoms with Crippen molar-refractivity contribution in [3.05, 3.63) is 58.1 Å². The van der Waals surface area contributed by atoms with Gasteiger partial charge in [-0.1, -0.05) is 22.0 Å². The van der Waals surface area contributed by atoms with Crippen LogP contribution in [0.3, 0.4) is 0 Å². The molecule has 34 heavy (non-hydrogen) atoms. The lowest BCUT2D eigenvalue weighted by Gasteiger charge is -2.38. The molecule has 2 atom stereocenters. The summed E-state index contributed by atoms with van der Waals surface area (Å²) in [6, 6.07) is 12.5. The molecule has 0 bridgehead atoms. The van der Waals surface area contributed by atoms with Gasteiger partial charge in [-0.15, -0.1) is 0 Å². The number of rotatable bonds is 3. The first-order valence-electron chi connectivity index (χ1n) is 12.3. The van der Waals surface area contributed by atoms with Gasteiger partial charge in [0.2, 0.25) is 0 Å². The Balaban J connectivity index is 1.32. The van der Waals surface area contributed by atoms with Crippen LogP contribution < -0.4 is 4.90 Å². The lowest BCUT2D eigenvalue weighted by atomic mass is 9.66. The average molecular weight is 547 g/mol. The van der Waals surface area contributed by atoms with Gasteiger partial charge in [0, 0.05) is 27.7 Å². The zero-order valence-electron chi connectivity index (χ0n) is 19.1. The molecule has 1 aliphatic heterocycles. The number of sulfone groups is 1. The molecule has 3 fully saturated rings. The maximum atomic E-state index is 13.8. The van der Waals surface area contributed by atoms with E-state index in [0.717, 1.165) is 23.0 Å². The Labute approximate surface area is 209 Å². The van der Waals surface area contributed by atoms with Gasteiger partial charge in [0.1, 0.15) is 6.17 Å². The van der Waals surface area contributed by atoms with Crippen molar-refractivity contribution in [1.29, 1.82) is 0 Å². The zero-order chi connectivity index (χ0) is 23.7. The second-order valence-corrected chi connectivity index (χ2v) is 14.1. The van der Waals surface area contributed by atoms with E-state index in [1.165, 1.54) is 43.4 Å². The summed E-state index contributed by atoms with van der Waals surface area (Å²) in [5.41, 5.74) is 3.05.